The Morgan fingerprint density at radius 1 is 0.921 bits per heavy atom. The maximum Gasteiger partial charge on any atom is 0.240 e. The summed E-state index contributed by atoms with van der Waals surface area (Å²) in [4.78, 5) is 4.89. The van der Waals surface area contributed by atoms with E-state index in [9.17, 15) is 21.9 Å². The molecule has 11 heteroatoms. The van der Waals surface area contributed by atoms with Gasteiger partial charge in [0, 0.05) is 17.2 Å². The van der Waals surface area contributed by atoms with Gasteiger partial charge in [0.25, 0.3) is 0 Å². The fraction of sp³-hybridized carbons (Fsp3) is 0.519. The van der Waals surface area contributed by atoms with Crippen LogP contribution in [0.2, 0.25) is 0 Å². The van der Waals surface area contributed by atoms with E-state index >= 15 is 0 Å². The monoisotopic (exact) mass is 563 g/mol. The second-order valence-corrected chi connectivity index (χ2v) is 14.5. The number of nitrogens with zero attached hydrogens (tertiary/aromatic N) is 1. The predicted molar refractivity (Wildman–Crippen MR) is 147 cm³/mol. The zero-order chi connectivity index (χ0) is 27.9. The van der Waals surface area contributed by atoms with Crippen LogP contribution in [0.15, 0.2) is 51.2 Å². The van der Waals surface area contributed by atoms with Gasteiger partial charge in [-0.3, -0.25) is 4.99 Å². The van der Waals surface area contributed by atoms with Crippen LogP contribution in [-0.4, -0.2) is 51.6 Å². The van der Waals surface area contributed by atoms with E-state index in [1.54, 1.807) is 52.0 Å². The summed E-state index contributed by atoms with van der Waals surface area (Å²) in [7, 11) is -7.75. The quantitative estimate of drug-likeness (QED) is 0.362. The minimum absolute atomic E-state index is 0.0654. The third-order valence-electron chi connectivity index (χ3n) is 6.90. The van der Waals surface area contributed by atoms with Gasteiger partial charge in [0.2, 0.25) is 20.0 Å². The van der Waals surface area contributed by atoms with Crippen LogP contribution in [0.4, 0.5) is 0 Å². The molecule has 1 fully saturated rings. The highest BCUT2D eigenvalue weighted by molar-refractivity contribution is 7.89. The standard InChI is InChI=1S/C27H37N3O6S2/c1-26(2,31)14-15-36-27(3,4)29-25-23-16-19(37(28,32)33)10-12-21(23)22-13-11-20(17-24(22)25)38(34,35)30-18-8-6-5-7-9-18/h10-13,16-18,30-31H,5-9,14-15H2,1-4H3,(H2,28,32,33). The van der Waals surface area contributed by atoms with Gasteiger partial charge in [-0.25, -0.2) is 26.7 Å². The third-order valence-corrected chi connectivity index (χ3v) is 9.33. The van der Waals surface area contributed by atoms with Crippen LogP contribution >= 0.6 is 0 Å². The molecule has 0 heterocycles. The molecule has 0 atom stereocenters. The van der Waals surface area contributed by atoms with E-state index in [-0.39, 0.29) is 22.4 Å². The Morgan fingerprint density at radius 2 is 1.47 bits per heavy atom. The molecule has 0 aromatic heterocycles. The summed E-state index contributed by atoms with van der Waals surface area (Å²) < 4.78 is 59.6. The van der Waals surface area contributed by atoms with E-state index in [4.69, 9.17) is 14.9 Å². The fourth-order valence-corrected chi connectivity index (χ4v) is 6.75. The van der Waals surface area contributed by atoms with Gasteiger partial charge in [-0.1, -0.05) is 31.4 Å². The first-order valence-corrected chi connectivity index (χ1v) is 15.9. The highest BCUT2D eigenvalue weighted by Crippen LogP contribution is 2.40. The summed E-state index contributed by atoms with van der Waals surface area (Å²) in [6.07, 6.45) is 5.13. The second kappa shape index (κ2) is 10.4. The number of benzene rings is 2. The van der Waals surface area contributed by atoms with Crippen molar-refractivity contribution in [2.45, 2.75) is 93.4 Å². The van der Waals surface area contributed by atoms with Crippen molar-refractivity contribution in [3.63, 3.8) is 0 Å². The van der Waals surface area contributed by atoms with Crippen molar-refractivity contribution >= 4 is 25.8 Å². The molecule has 0 amide bonds. The third kappa shape index (κ3) is 6.70. The Bertz CT molecular complexity index is 1450. The molecule has 1 saturated carbocycles. The van der Waals surface area contributed by atoms with E-state index in [2.05, 4.69) is 4.72 Å². The van der Waals surface area contributed by atoms with Gasteiger partial charge in [-0.2, -0.15) is 0 Å². The Kier molecular flexibility index (Phi) is 7.92. The molecule has 0 saturated heterocycles. The average molecular weight is 564 g/mol. The molecule has 0 unspecified atom stereocenters. The van der Waals surface area contributed by atoms with Gasteiger partial charge < -0.3 is 9.84 Å². The topological polar surface area (TPSA) is 148 Å². The Labute approximate surface area is 225 Å². The smallest absolute Gasteiger partial charge is 0.240 e. The van der Waals surface area contributed by atoms with Crippen molar-refractivity contribution in [1.82, 2.24) is 4.72 Å². The van der Waals surface area contributed by atoms with Crippen LogP contribution in [0.3, 0.4) is 0 Å². The lowest BCUT2D eigenvalue weighted by atomic mass is 9.96. The number of sulfonamides is 2. The lowest BCUT2D eigenvalue weighted by molar-refractivity contribution is -0.0406. The van der Waals surface area contributed by atoms with Gasteiger partial charge >= 0.3 is 0 Å². The Morgan fingerprint density at radius 3 is 2.03 bits per heavy atom. The van der Waals surface area contributed by atoms with Gasteiger partial charge in [0.15, 0.2) is 5.72 Å². The molecule has 0 radical (unpaired) electrons. The number of primary sulfonamides is 1. The molecule has 0 spiro atoms. The maximum atomic E-state index is 13.3. The summed E-state index contributed by atoms with van der Waals surface area (Å²) in [5, 5.41) is 15.4. The first-order valence-electron chi connectivity index (χ1n) is 12.9. The normalized spacial score (nSPS) is 18.0. The number of nitrogens with one attached hydrogen (secondary N) is 1. The van der Waals surface area contributed by atoms with E-state index in [1.807, 2.05) is 0 Å². The van der Waals surface area contributed by atoms with Crippen molar-refractivity contribution in [2.75, 3.05) is 6.61 Å². The number of rotatable bonds is 9. The van der Waals surface area contributed by atoms with Crippen molar-refractivity contribution in [3.8, 4) is 11.1 Å². The number of hydrogen-bond donors (Lipinski definition) is 3. The molecule has 0 bridgehead atoms. The first-order chi connectivity index (χ1) is 17.6. The predicted octanol–water partition coefficient (Wildman–Crippen LogP) is 3.68. The second-order valence-electron chi connectivity index (χ2n) is 11.2. The molecule has 0 aliphatic heterocycles. The molecule has 2 aromatic carbocycles. The maximum absolute atomic E-state index is 13.3. The number of fused-ring (bicyclic) bond motifs is 3. The van der Waals surface area contributed by atoms with Crippen LogP contribution in [0, 0.1) is 0 Å². The molecular weight excluding hydrogens is 526 g/mol. The highest BCUT2D eigenvalue weighted by Gasteiger charge is 2.32. The van der Waals surface area contributed by atoms with E-state index in [0.29, 0.717) is 23.3 Å². The molecule has 4 rings (SSSR count). The van der Waals surface area contributed by atoms with Crippen molar-refractivity contribution in [1.29, 1.82) is 0 Å². The van der Waals surface area contributed by atoms with Crippen LogP contribution < -0.4 is 9.86 Å². The molecular formula is C27H37N3O6S2. The summed E-state index contributed by atoms with van der Waals surface area (Å²) in [6.45, 7) is 7.14. The number of aliphatic hydroxyl groups is 1. The van der Waals surface area contributed by atoms with E-state index in [1.165, 1.54) is 12.1 Å². The number of hydrogen-bond acceptors (Lipinski definition) is 7. The molecule has 4 N–H and O–H groups in total. The van der Waals surface area contributed by atoms with Crippen LogP contribution in [0.1, 0.15) is 77.3 Å². The van der Waals surface area contributed by atoms with Crippen molar-refractivity contribution in [3.05, 3.63) is 47.5 Å². The van der Waals surface area contributed by atoms with Crippen LogP contribution in [0.5, 0.6) is 0 Å². The lowest BCUT2D eigenvalue weighted by Crippen LogP contribution is -2.36. The van der Waals surface area contributed by atoms with Crippen molar-refractivity contribution < 1.29 is 26.7 Å². The fourth-order valence-electron chi connectivity index (χ4n) is 4.88. The molecule has 38 heavy (non-hydrogen) atoms. The van der Waals surface area contributed by atoms with E-state index < -0.39 is 31.4 Å². The largest absolute Gasteiger partial charge is 0.390 e. The van der Waals surface area contributed by atoms with Gasteiger partial charge in [0.1, 0.15) is 0 Å². The zero-order valence-corrected chi connectivity index (χ0v) is 24.0. The SMILES string of the molecule is CC(C)(O)CCOC(C)(C)N=C1c2cc(S(N)(=O)=O)ccc2-c2ccc(S(=O)(=O)NC3CCCCC3)cc21. The first kappa shape index (κ1) is 28.8. The zero-order valence-electron chi connectivity index (χ0n) is 22.3. The minimum Gasteiger partial charge on any atom is -0.390 e. The van der Waals surface area contributed by atoms with E-state index in [0.717, 1.165) is 43.2 Å². The van der Waals surface area contributed by atoms with Gasteiger partial charge in [-0.05, 0) is 82.3 Å². The minimum atomic E-state index is -3.98. The summed E-state index contributed by atoms with van der Waals surface area (Å²) in [5.74, 6) is 0. The lowest BCUT2D eigenvalue weighted by Gasteiger charge is -2.25. The summed E-state index contributed by atoms with van der Waals surface area (Å²) >= 11 is 0. The molecule has 208 valence electrons. The van der Waals surface area contributed by atoms with Crippen LogP contribution in [-0.2, 0) is 24.8 Å². The van der Waals surface area contributed by atoms with Crippen LogP contribution in [0.25, 0.3) is 11.1 Å². The van der Waals surface area contributed by atoms with Gasteiger partial charge in [0.05, 0.1) is 27.7 Å². The molecule has 2 aliphatic carbocycles. The number of nitrogens with two attached hydrogens (primary N) is 1. The molecule has 9 nitrogen and oxygen atoms in total. The molecule has 2 aliphatic rings. The Hall–Kier alpha value is -2.15. The van der Waals surface area contributed by atoms with Crippen molar-refractivity contribution in [2.24, 2.45) is 10.1 Å². The van der Waals surface area contributed by atoms with Gasteiger partial charge in [-0.15, -0.1) is 0 Å². The number of ether oxygens (including phenoxy) is 1. The summed E-state index contributed by atoms with van der Waals surface area (Å²) in [6, 6.07) is 9.34. The summed E-state index contributed by atoms with van der Waals surface area (Å²) in [5.41, 5.74) is 1.02. The number of aliphatic imine (C=N–C) groups is 1. The Balaban J connectivity index is 1.77. The molecule has 2 aromatic rings. The average Bonchev–Trinajstić information content (AvgIpc) is 3.10. The highest BCUT2D eigenvalue weighted by atomic mass is 32.2.